The maximum Gasteiger partial charge on any atom is 0.167 e. The molecule has 2 rings (SSSR count). The third-order valence-electron chi connectivity index (χ3n) is 2.84. The highest BCUT2D eigenvalue weighted by Crippen LogP contribution is 2.21. The molecular formula is C15H11ClF2O2. The number of ketones is 1. The number of halogens is 3. The molecule has 0 aliphatic carbocycles. The number of rotatable bonds is 4. The summed E-state index contributed by atoms with van der Waals surface area (Å²) < 4.78 is 31.7. The molecule has 0 bridgehead atoms. The highest BCUT2D eigenvalue weighted by molar-refractivity contribution is 6.30. The minimum atomic E-state index is -0.554. The normalized spacial score (nSPS) is 10.4. The summed E-state index contributed by atoms with van der Waals surface area (Å²) in [5, 5.41) is 0.266. The van der Waals surface area contributed by atoms with Crippen LogP contribution in [0.3, 0.4) is 0 Å². The summed E-state index contributed by atoms with van der Waals surface area (Å²) in [7, 11) is 1.31. The summed E-state index contributed by atoms with van der Waals surface area (Å²) >= 11 is 5.64. The van der Waals surface area contributed by atoms with Crippen LogP contribution >= 0.6 is 11.6 Å². The summed E-state index contributed by atoms with van der Waals surface area (Å²) in [4.78, 5) is 12.1. The van der Waals surface area contributed by atoms with E-state index in [9.17, 15) is 13.6 Å². The van der Waals surface area contributed by atoms with Crippen LogP contribution in [0.25, 0.3) is 0 Å². The second kappa shape index (κ2) is 6.01. The van der Waals surface area contributed by atoms with E-state index in [0.717, 1.165) is 12.1 Å². The largest absolute Gasteiger partial charge is 0.494 e. The minimum Gasteiger partial charge on any atom is -0.494 e. The van der Waals surface area contributed by atoms with Crippen molar-refractivity contribution in [1.82, 2.24) is 0 Å². The molecule has 0 saturated carbocycles. The molecule has 0 saturated heterocycles. The molecule has 0 aliphatic heterocycles. The van der Waals surface area contributed by atoms with Gasteiger partial charge in [0.2, 0.25) is 0 Å². The highest BCUT2D eigenvalue weighted by atomic mass is 35.5. The van der Waals surface area contributed by atoms with E-state index >= 15 is 0 Å². The molecular weight excluding hydrogens is 286 g/mol. The van der Waals surface area contributed by atoms with Gasteiger partial charge in [0.15, 0.2) is 17.3 Å². The van der Waals surface area contributed by atoms with Gasteiger partial charge in [-0.05, 0) is 35.9 Å². The molecule has 2 aromatic rings. The summed E-state index contributed by atoms with van der Waals surface area (Å²) in [5.41, 5.74) is 0.500. The zero-order chi connectivity index (χ0) is 14.7. The molecule has 0 aromatic heterocycles. The number of Topliss-reactive ketones (excluding diaryl/α,β-unsaturated/α-hetero) is 1. The summed E-state index contributed by atoms with van der Waals surface area (Å²) in [5.74, 6) is -1.45. The molecule has 2 nitrogen and oxygen atoms in total. The van der Waals surface area contributed by atoms with E-state index in [1.807, 2.05) is 0 Å². The monoisotopic (exact) mass is 296 g/mol. The third-order valence-corrected chi connectivity index (χ3v) is 3.07. The predicted molar refractivity (Wildman–Crippen MR) is 72.4 cm³/mol. The first-order valence-electron chi connectivity index (χ1n) is 5.82. The van der Waals surface area contributed by atoms with Crippen molar-refractivity contribution in [3.8, 4) is 5.75 Å². The Morgan fingerprint density at radius 1 is 1.15 bits per heavy atom. The lowest BCUT2D eigenvalue weighted by atomic mass is 10.0. The van der Waals surface area contributed by atoms with E-state index < -0.39 is 11.6 Å². The van der Waals surface area contributed by atoms with Crippen LogP contribution in [0.5, 0.6) is 5.75 Å². The van der Waals surface area contributed by atoms with Crippen molar-refractivity contribution < 1.29 is 18.3 Å². The van der Waals surface area contributed by atoms with Gasteiger partial charge in [-0.1, -0.05) is 17.7 Å². The second-order valence-corrected chi connectivity index (χ2v) is 4.62. The van der Waals surface area contributed by atoms with Crippen molar-refractivity contribution in [1.29, 1.82) is 0 Å². The van der Waals surface area contributed by atoms with Crippen molar-refractivity contribution >= 4 is 17.4 Å². The van der Waals surface area contributed by atoms with Crippen LogP contribution in [0, 0.1) is 11.6 Å². The quantitative estimate of drug-likeness (QED) is 0.796. The van der Waals surface area contributed by atoms with E-state index in [1.165, 1.54) is 31.4 Å². The Bertz CT molecular complexity index is 656. The number of carbonyl (C=O) groups is 1. The topological polar surface area (TPSA) is 26.3 Å². The Labute approximate surface area is 119 Å². The fourth-order valence-corrected chi connectivity index (χ4v) is 1.93. The van der Waals surface area contributed by atoms with Crippen LogP contribution in [-0.2, 0) is 6.42 Å². The lowest BCUT2D eigenvalue weighted by Gasteiger charge is -2.06. The smallest absolute Gasteiger partial charge is 0.167 e. The van der Waals surface area contributed by atoms with Gasteiger partial charge in [-0.2, -0.15) is 0 Å². The van der Waals surface area contributed by atoms with Crippen molar-refractivity contribution in [3.05, 3.63) is 64.2 Å². The van der Waals surface area contributed by atoms with Crippen LogP contribution in [0.15, 0.2) is 36.4 Å². The number of hydrogen-bond acceptors (Lipinski definition) is 2. The lowest BCUT2D eigenvalue weighted by Crippen LogP contribution is -2.06. The summed E-state index contributed by atoms with van der Waals surface area (Å²) in [6.07, 6.45) is -0.127. The highest BCUT2D eigenvalue weighted by Gasteiger charge is 2.13. The van der Waals surface area contributed by atoms with Crippen molar-refractivity contribution in [2.24, 2.45) is 0 Å². The van der Waals surface area contributed by atoms with Gasteiger partial charge in [-0.3, -0.25) is 4.79 Å². The molecule has 2 aromatic carbocycles. The van der Waals surface area contributed by atoms with Gasteiger partial charge >= 0.3 is 0 Å². The van der Waals surface area contributed by atoms with Crippen LogP contribution in [-0.4, -0.2) is 12.9 Å². The first-order chi connectivity index (χ1) is 9.51. The van der Waals surface area contributed by atoms with Gasteiger partial charge in [0.1, 0.15) is 5.82 Å². The maximum absolute atomic E-state index is 13.6. The molecule has 0 amide bonds. The van der Waals surface area contributed by atoms with Crippen LogP contribution < -0.4 is 4.74 Å². The van der Waals surface area contributed by atoms with E-state index in [1.54, 1.807) is 0 Å². The molecule has 104 valence electrons. The SMILES string of the molecule is COc1cc(C(=O)Cc2ccc(Cl)cc2F)ccc1F. The number of benzene rings is 2. The zero-order valence-electron chi connectivity index (χ0n) is 10.6. The van der Waals surface area contributed by atoms with Crippen LogP contribution in [0.1, 0.15) is 15.9 Å². The molecule has 0 unspecified atom stereocenters. The lowest BCUT2D eigenvalue weighted by molar-refractivity contribution is 0.0991. The van der Waals surface area contributed by atoms with Gasteiger partial charge < -0.3 is 4.74 Å². The first kappa shape index (κ1) is 14.5. The van der Waals surface area contributed by atoms with E-state index in [4.69, 9.17) is 16.3 Å². The van der Waals surface area contributed by atoms with Gasteiger partial charge in [0, 0.05) is 17.0 Å². The number of ether oxygens (including phenoxy) is 1. The zero-order valence-corrected chi connectivity index (χ0v) is 11.4. The average molecular weight is 297 g/mol. The molecule has 0 spiro atoms. The van der Waals surface area contributed by atoms with Crippen molar-refractivity contribution in [2.75, 3.05) is 7.11 Å². The second-order valence-electron chi connectivity index (χ2n) is 4.19. The standard InChI is InChI=1S/C15H11ClF2O2/c1-20-15-7-10(3-5-12(15)17)14(19)6-9-2-4-11(16)8-13(9)18/h2-5,7-8H,6H2,1H3. The van der Waals surface area contributed by atoms with E-state index in [-0.39, 0.29) is 34.1 Å². The molecule has 0 atom stereocenters. The third kappa shape index (κ3) is 3.14. The molecule has 0 radical (unpaired) electrons. The molecule has 5 heteroatoms. The Hall–Kier alpha value is -1.94. The number of methoxy groups -OCH3 is 1. The number of hydrogen-bond donors (Lipinski definition) is 0. The average Bonchev–Trinajstić information content (AvgIpc) is 2.42. The van der Waals surface area contributed by atoms with E-state index in [2.05, 4.69) is 0 Å². The van der Waals surface area contributed by atoms with Crippen LogP contribution in [0.2, 0.25) is 5.02 Å². The first-order valence-corrected chi connectivity index (χ1v) is 6.19. The van der Waals surface area contributed by atoms with Crippen molar-refractivity contribution in [3.63, 3.8) is 0 Å². The molecule has 20 heavy (non-hydrogen) atoms. The number of carbonyl (C=O) groups excluding carboxylic acids is 1. The summed E-state index contributed by atoms with van der Waals surface area (Å²) in [6, 6.07) is 7.90. The summed E-state index contributed by atoms with van der Waals surface area (Å²) in [6.45, 7) is 0. The predicted octanol–water partition coefficient (Wildman–Crippen LogP) is 4.05. The minimum absolute atomic E-state index is 0.0209. The van der Waals surface area contributed by atoms with Gasteiger partial charge in [0.05, 0.1) is 7.11 Å². The fraction of sp³-hybridized carbons (Fsp3) is 0.133. The Morgan fingerprint density at radius 3 is 2.55 bits per heavy atom. The van der Waals surface area contributed by atoms with Crippen LogP contribution in [0.4, 0.5) is 8.78 Å². The van der Waals surface area contributed by atoms with Gasteiger partial charge in [0.25, 0.3) is 0 Å². The Balaban J connectivity index is 2.24. The van der Waals surface area contributed by atoms with Gasteiger partial charge in [-0.15, -0.1) is 0 Å². The van der Waals surface area contributed by atoms with Crippen molar-refractivity contribution in [2.45, 2.75) is 6.42 Å². The molecule has 0 heterocycles. The maximum atomic E-state index is 13.6. The molecule has 0 N–H and O–H groups in total. The van der Waals surface area contributed by atoms with E-state index in [0.29, 0.717) is 0 Å². The Kier molecular flexibility index (Phi) is 4.35. The van der Waals surface area contributed by atoms with Gasteiger partial charge in [-0.25, -0.2) is 8.78 Å². The molecule has 0 fully saturated rings. The Morgan fingerprint density at radius 2 is 1.90 bits per heavy atom. The fourth-order valence-electron chi connectivity index (χ4n) is 1.77. The molecule has 0 aliphatic rings.